The number of nitrogens with one attached hydrogen (secondary N) is 2. The minimum atomic E-state index is -2.70. The first-order chi connectivity index (χ1) is 15.6. The topological polar surface area (TPSA) is 117 Å². The van der Waals surface area contributed by atoms with E-state index in [0.29, 0.717) is 23.1 Å². The summed E-state index contributed by atoms with van der Waals surface area (Å²) in [5.74, 6) is 1.04. The first-order valence-corrected chi connectivity index (χ1v) is 12.9. The Morgan fingerprint density at radius 1 is 1.31 bits per heavy atom. The molecule has 2 atom stereocenters. The van der Waals surface area contributed by atoms with Gasteiger partial charge in [-0.2, -0.15) is 9.35 Å². The summed E-state index contributed by atoms with van der Waals surface area (Å²) < 4.78 is 16.9. The van der Waals surface area contributed by atoms with Gasteiger partial charge in [-0.3, -0.25) is 4.79 Å². The Kier molecular flexibility index (Phi) is 6.83. The second kappa shape index (κ2) is 9.76. The maximum atomic E-state index is 13.1. The molecule has 1 aromatic carbocycles. The molecule has 32 heavy (non-hydrogen) atoms. The Bertz CT molecular complexity index is 1180. The van der Waals surface area contributed by atoms with Gasteiger partial charge in [-0.15, -0.1) is 11.3 Å². The molecular formula is C22H25N5O3S2. The Hall–Kier alpha value is -2.82. The summed E-state index contributed by atoms with van der Waals surface area (Å²) in [7, 11) is -2.70. The fourth-order valence-corrected chi connectivity index (χ4v) is 6.13. The summed E-state index contributed by atoms with van der Waals surface area (Å²) in [4.78, 5) is 21.6. The van der Waals surface area contributed by atoms with E-state index in [9.17, 15) is 14.1 Å². The Morgan fingerprint density at radius 3 is 2.69 bits per heavy atom. The minimum Gasteiger partial charge on any atom is -0.394 e. The number of carbonyl (C=O) groups excluding carboxylic acids is 1. The molecule has 4 rings (SSSR count). The van der Waals surface area contributed by atoms with Gasteiger partial charge in [0, 0.05) is 26.9 Å². The highest BCUT2D eigenvalue weighted by Crippen LogP contribution is 2.36. The van der Waals surface area contributed by atoms with Crippen molar-refractivity contribution in [2.45, 2.75) is 42.4 Å². The summed E-state index contributed by atoms with van der Waals surface area (Å²) in [5.41, 5.74) is 1.59. The van der Waals surface area contributed by atoms with Crippen molar-refractivity contribution in [2.75, 3.05) is 17.2 Å². The van der Waals surface area contributed by atoms with E-state index in [0.717, 1.165) is 35.4 Å². The first kappa shape index (κ1) is 22.4. The van der Waals surface area contributed by atoms with Crippen LogP contribution in [0.2, 0.25) is 0 Å². The summed E-state index contributed by atoms with van der Waals surface area (Å²) in [6, 6.07) is 10.9. The number of aliphatic hydroxyl groups is 1. The molecule has 1 fully saturated rings. The number of benzene rings is 1. The number of thiophene rings is 1. The number of aliphatic hydroxyl groups excluding tert-OH is 1. The fourth-order valence-electron chi connectivity index (χ4n) is 3.29. The first-order valence-electron chi connectivity index (χ1n) is 10.4. The molecule has 0 aliphatic heterocycles. The van der Waals surface area contributed by atoms with E-state index in [2.05, 4.69) is 25.0 Å². The molecule has 10 heteroatoms. The molecule has 0 spiro atoms. The zero-order chi connectivity index (χ0) is 22.6. The van der Waals surface area contributed by atoms with E-state index in [-0.39, 0.29) is 17.9 Å². The third-order valence-electron chi connectivity index (χ3n) is 5.25. The van der Waals surface area contributed by atoms with Crippen molar-refractivity contribution in [3.8, 4) is 10.4 Å². The predicted octanol–water partition coefficient (Wildman–Crippen LogP) is 4.28. The van der Waals surface area contributed by atoms with E-state index in [1.165, 1.54) is 0 Å². The molecular weight excluding hydrogens is 446 g/mol. The molecule has 1 saturated carbocycles. The van der Waals surface area contributed by atoms with Crippen LogP contribution in [0, 0.1) is 0 Å². The van der Waals surface area contributed by atoms with Crippen molar-refractivity contribution in [2.24, 2.45) is 4.36 Å². The van der Waals surface area contributed by atoms with E-state index < -0.39 is 9.73 Å². The van der Waals surface area contributed by atoms with Gasteiger partial charge in [-0.25, -0.2) is 9.19 Å². The van der Waals surface area contributed by atoms with Crippen molar-refractivity contribution >= 4 is 44.9 Å². The van der Waals surface area contributed by atoms with Crippen molar-refractivity contribution in [1.29, 1.82) is 0 Å². The van der Waals surface area contributed by atoms with E-state index in [1.54, 1.807) is 41.8 Å². The Balaban J connectivity index is 1.59. The molecule has 1 aliphatic rings. The van der Waals surface area contributed by atoms with Crippen LogP contribution in [0.15, 0.2) is 57.2 Å². The largest absolute Gasteiger partial charge is 0.394 e. The van der Waals surface area contributed by atoms with E-state index >= 15 is 0 Å². The van der Waals surface area contributed by atoms with Crippen LogP contribution < -0.4 is 10.6 Å². The second-order valence-electron chi connectivity index (χ2n) is 7.49. The maximum absolute atomic E-state index is 13.1. The predicted molar refractivity (Wildman–Crippen MR) is 128 cm³/mol. The molecule has 168 valence electrons. The quantitative estimate of drug-likeness (QED) is 0.378. The van der Waals surface area contributed by atoms with Crippen molar-refractivity contribution in [3.05, 3.63) is 48.0 Å². The SMILES string of the molecule is CC[C@H](CO)Nc1nc(Nc2ccc([S@](=O)(=NC=O)C3CC3)cc2)ncc1-c1cccs1. The molecule has 3 aromatic rings. The van der Waals surface area contributed by atoms with Gasteiger partial charge in [0.15, 0.2) is 0 Å². The monoisotopic (exact) mass is 471 g/mol. The van der Waals surface area contributed by atoms with Gasteiger partial charge in [-0.05, 0) is 55.0 Å². The molecule has 1 amide bonds. The van der Waals surface area contributed by atoms with Gasteiger partial charge < -0.3 is 15.7 Å². The number of rotatable bonds is 10. The zero-order valence-corrected chi connectivity index (χ0v) is 19.2. The second-order valence-corrected chi connectivity index (χ2v) is 10.9. The van der Waals surface area contributed by atoms with Gasteiger partial charge in [-0.1, -0.05) is 13.0 Å². The standard InChI is InChI=1S/C22H25N5O3S2/c1-2-15(13-28)25-21-19(20-4-3-11-31-20)12-23-22(27-21)26-16-5-7-17(8-6-16)32(30,24-14-29)18-9-10-18/h3-8,11-12,14-15,18,28H,2,9-10,13H2,1H3,(H2,23,25,26,27)/t15-,32-/m1/s1. The number of hydrogen-bond donors (Lipinski definition) is 3. The average Bonchev–Trinajstić information content (AvgIpc) is 3.54. The number of carbonyl (C=O) groups is 1. The number of anilines is 3. The molecule has 8 nitrogen and oxygen atoms in total. The number of hydrogen-bond acceptors (Lipinski definition) is 8. The lowest BCUT2D eigenvalue weighted by molar-refractivity contribution is -0.106. The zero-order valence-electron chi connectivity index (χ0n) is 17.6. The normalized spacial score (nSPS) is 16.1. The van der Waals surface area contributed by atoms with Gasteiger partial charge in [0.2, 0.25) is 12.4 Å². The molecule has 0 unspecified atom stereocenters. The summed E-state index contributed by atoms with van der Waals surface area (Å²) in [6.45, 7) is 2.00. The van der Waals surface area contributed by atoms with Crippen LogP contribution in [0.3, 0.4) is 0 Å². The highest BCUT2D eigenvalue weighted by atomic mass is 32.2. The van der Waals surface area contributed by atoms with Gasteiger partial charge in [0.25, 0.3) is 0 Å². The summed E-state index contributed by atoms with van der Waals surface area (Å²) in [5, 5.41) is 18.0. The molecule has 0 radical (unpaired) electrons. The van der Waals surface area contributed by atoms with Gasteiger partial charge in [0.05, 0.1) is 27.9 Å². The fraction of sp³-hybridized carbons (Fsp3) is 0.318. The highest BCUT2D eigenvalue weighted by Gasteiger charge is 2.35. The third-order valence-corrected chi connectivity index (χ3v) is 8.88. The lowest BCUT2D eigenvalue weighted by atomic mass is 10.2. The van der Waals surface area contributed by atoms with Crippen molar-refractivity contribution in [1.82, 2.24) is 9.97 Å². The van der Waals surface area contributed by atoms with Gasteiger partial charge in [0.1, 0.15) is 5.82 Å². The molecule has 1 aliphatic carbocycles. The average molecular weight is 472 g/mol. The summed E-state index contributed by atoms with van der Waals surface area (Å²) in [6.07, 6.45) is 4.54. The molecule has 3 N–H and O–H groups in total. The van der Waals surface area contributed by atoms with Crippen LogP contribution in [0.4, 0.5) is 17.5 Å². The summed E-state index contributed by atoms with van der Waals surface area (Å²) >= 11 is 1.59. The van der Waals surface area contributed by atoms with Gasteiger partial charge >= 0.3 is 0 Å². The molecule has 2 heterocycles. The van der Waals surface area contributed by atoms with Crippen molar-refractivity contribution in [3.63, 3.8) is 0 Å². The Morgan fingerprint density at radius 2 is 2.09 bits per heavy atom. The van der Waals surface area contributed by atoms with E-state index in [4.69, 9.17) is 0 Å². The van der Waals surface area contributed by atoms with Crippen LogP contribution >= 0.6 is 11.3 Å². The number of nitrogens with zero attached hydrogens (tertiary/aromatic N) is 3. The lowest BCUT2D eigenvalue weighted by Gasteiger charge is -2.18. The minimum absolute atomic E-state index is 0.000716. The van der Waals surface area contributed by atoms with Crippen molar-refractivity contribution < 1.29 is 14.1 Å². The number of aromatic nitrogens is 2. The highest BCUT2D eigenvalue weighted by molar-refractivity contribution is 7.94. The van der Waals surface area contributed by atoms with Crippen LogP contribution in [-0.4, -0.2) is 43.6 Å². The van der Waals surface area contributed by atoms with Crippen LogP contribution in [0.5, 0.6) is 0 Å². The smallest absolute Gasteiger partial charge is 0.241 e. The van der Waals surface area contributed by atoms with Crippen LogP contribution in [-0.2, 0) is 14.5 Å². The van der Waals surface area contributed by atoms with Crippen LogP contribution in [0.1, 0.15) is 26.2 Å². The molecule has 0 saturated heterocycles. The van der Waals surface area contributed by atoms with E-state index in [1.807, 2.05) is 24.4 Å². The lowest BCUT2D eigenvalue weighted by Crippen LogP contribution is -2.23. The maximum Gasteiger partial charge on any atom is 0.241 e. The van der Waals surface area contributed by atoms with Crippen LogP contribution in [0.25, 0.3) is 10.4 Å². The number of amides is 1. The Labute approximate surface area is 191 Å². The third kappa shape index (κ3) is 4.82. The molecule has 0 bridgehead atoms. The molecule has 2 aromatic heterocycles.